The average molecular weight is 305 g/mol. The van der Waals surface area contributed by atoms with E-state index in [1.165, 1.54) is 28.8 Å². The van der Waals surface area contributed by atoms with E-state index in [0.717, 1.165) is 0 Å². The molecule has 0 saturated carbocycles. The number of carboxylic acids is 1. The smallest absolute Gasteiger partial charge is 0.355 e. The molecule has 6 nitrogen and oxygen atoms in total. The lowest BCUT2D eigenvalue weighted by Gasteiger charge is -2.34. The number of ether oxygens (including phenoxy) is 1. The van der Waals surface area contributed by atoms with E-state index >= 15 is 0 Å². The number of esters is 1. The van der Waals surface area contributed by atoms with Crippen molar-refractivity contribution in [1.82, 2.24) is 4.90 Å². The van der Waals surface area contributed by atoms with Crippen LogP contribution in [0, 0.1) is 0 Å². The van der Waals surface area contributed by atoms with Crippen LogP contribution in [0.2, 0.25) is 0 Å². The standard InChI is InChI=1S/C14H11NO5S/c16-11-5-12-15(11)10(7-21-12)14(19)20-6-8-1-3-9(4-2-8)13(17)18/h1-4,7,12H,5-6H2,(H,17,18)/t12-/m1/s1. The molecule has 1 fully saturated rings. The van der Waals surface area contributed by atoms with Gasteiger partial charge in [0.15, 0.2) is 0 Å². The highest BCUT2D eigenvalue weighted by molar-refractivity contribution is 8.03. The molecule has 0 spiro atoms. The summed E-state index contributed by atoms with van der Waals surface area (Å²) < 4.78 is 5.15. The van der Waals surface area contributed by atoms with Gasteiger partial charge in [-0.25, -0.2) is 9.59 Å². The zero-order valence-electron chi connectivity index (χ0n) is 10.8. The first-order valence-corrected chi connectivity index (χ1v) is 7.17. The van der Waals surface area contributed by atoms with Gasteiger partial charge in [0.1, 0.15) is 12.3 Å². The number of aromatic carboxylic acids is 1. The molecule has 1 amide bonds. The van der Waals surface area contributed by atoms with Gasteiger partial charge in [-0.1, -0.05) is 12.1 Å². The second kappa shape index (κ2) is 5.25. The number of benzene rings is 1. The lowest BCUT2D eigenvalue weighted by atomic mass is 10.1. The maximum absolute atomic E-state index is 11.9. The molecule has 1 atom stereocenters. The molecule has 0 radical (unpaired) electrons. The van der Waals surface area contributed by atoms with E-state index < -0.39 is 11.9 Å². The van der Waals surface area contributed by atoms with Crippen molar-refractivity contribution in [3.63, 3.8) is 0 Å². The monoisotopic (exact) mass is 305 g/mol. The number of nitrogens with zero attached hydrogens (tertiary/aromatic N) is 1. The van der Waals surface area contributed by atoms with Crippen molar-refractivity contribution in [2.75, 3.05) is 0 Å². The molecular formula is C14H11NO5S. The second-order valence-corrected chi connectivity index (χ2v) is 5.69. The fourth-order valence-electron chi connectivity index (χ4n) is 2.10. The Morgan fingerprint density at radius 2 is 2.05 bits per heavy atom. The largest absolute Gasteiger partial charge is 0.478 e. The van der Waals surface area contributed by atoms with Gasteiger partial charge in [0.2, 0.25) is 5.91 Å². The molecule has 21 heavy (non-hydrogen) atoms. The highest BCUT2D eigenvalue weighted by atomic mass is 32.2. The number of fused-ring (bicyclic) bond motifs is 1. The average Bonchev–Trinajstić information content (AvgIpc) is 2.82. The predicted octanol–water partition coefficient (Wildman–Crippen LogP) is 1.57. The van der Waals surface area contributed by atoms with Crippen LogP contribution in [0.25, 0.3) is 0 Å². The van der Waals surface area contributed by atoms with E-state index in [4.69, 9.17) is 9.84 Å². The Kier molecular flexibility index (Phi) is 3.42. The quantitative estimate of drug-likeness (QED) is 0.671. The van der Waals surface area contributed by atoms with Crippen LogP contribution in [0.1, 0.15) is 22.3 Å². The maximum atomic E-state index is 11.9. The van der Waals surface area contributed by atoms with Crippen molar-refractivity contribution in [3.8, 4) is 0 Å². The minimum Gasteiger partial charge on any atom is -0.478 e. The Bertz CT molecular complexity index is 652. The lowest BCUT2D eigenvalue weighted by Crippen LogP contribution is -2.48. The van der Waals surface area contributed by atoms with Crippen molar-refractivity contribution in [3.05, 3.63) is 46.5 Å². The number of hydrogen-bond acceptors (Lipinski definition) is 5. The van der Waals surface area contributed by atoms with E-state index in [9.17, 15) is 14.4 Å². The molecule has 1 aromatic carbocycles. The lowest BCUT2D eigenvalue weighted by molar-refractivity contribution is -0.149. The molecule has 2 aliphatic rings. The molecular weight excluding hydrogens is 294 g/mol. The van der Waals surface area contributed by atoms with Gasteiger partial charge in [0.05, 0.1) is 17.4 Å². The van der Waals surface area contributed by atoms with Gasteiger partial charge in [0.25, 0.3) is 0 Å². The zero-order chi connectivity index (χ0) is 15.0. The van der Waals surface area contributed by atoms with E-state index in [0.29, 0.717) is 12.0 Å². The molecule has 0 aliphatic carbocycles. The first kappa shape index (κ1) is 13.7. The molecule has 3 rings (SSSR count). The van der Waals surface area contributed by atoms with Gasteiger partial charge in [0, 0.05) is 5.41 Å². The fraction of sp³-hybridized carbons (Fsp3) is 0.214. The Morgan fingerprint density at radius 3 is 2.67 bits per heavy atom. The summed E-state index contributed by atoms with van der Waals surface area (Å²) in [5, 5.41) is 10.5. The van der Waals surface area contributed by atoms with Crippen LogP contribution in [0.3, 0.4) is 0 Å². The minimum atomic E-state index is -1.01. The predicted molar refractivity (Wildman–Crippen MR) is 74.1 cm³/mol. The highest BCUT2D eigenvalue weighted by Crippen LogP contribution is 2.41. The summed E-state index contributed by atoms with van der Waals surface area (Å²) in [7, 11) is 0. The zero-order valence-corrected chi connectivity index (χ0v) is 11.6. The summed E-state index contributed by atoms with van der Waals surface area (Å²) in [6.07, 6.45) is 0.453. The van der Waals surface area contributed by atoms with E-state index in [-0.39, 0.29) is 29.1 Å². The molecule has 1 N–H and O–H groups in total. The Labute approximate surface area is 124 Å². The van der Waals surface area contributed by atoms with Gasteiger partial charge in [-0.2, -0.15) is 0 Å². The third-order valence-electron chi connectivity index (χ3n) is 3.28. The molecule has 2 heterocycles. The number of rotatable bonds is 4. The Morgan fingerprint density at radius 1 is 1.33 bits per heavy atom. The molecule has 108 valence electrons. The van der Waals surface area contributed by atoms with E-state index in [1.54, 1.807) is 17.5 Å². The van der Waals surface area contributed by atoms with Crippen molar-refractivity contribution in [2.45, 2.75) is 18.4 Å². The number of thioether (sulfide) groups is 1. The van der Waals surface area contributed by atoms with Gasteiger partial charge >= 0.3 is 11.9 Å². The highest BCUT2D eigenvalue weighted by Gasteiger charge is 2.45. The molecule has 1 saturated heterocycles. The van der Waals surface area contributed by atoms with Crippen LogP contribution in [0.4, 0.5) is 0 Å². The van der Waals surface area contributed by atoms with Gasteiger partial charge in [-0.15, -0.1) is 11.8 Å². The topological polar surface area (TPSA) is 83.9 Å². The van der Waals surface area contributed by atoms with Crippen LogP contribution >= 0.6 is 11.8 Å². The minimum absolute atomic E-state index is 0.0352. The number of carbonyl (C=O) groups excluding carboxylic acids is 2. The number of β-lactam (4-membered cyclic amide) rings is 1. The van der Waals surface area contributed by atoms with E-state index in [2.05, 4.69) is 0 Å². The molecule has 1 aromatic rings. The summed E-state index contributed by atoms with van der Waals surface area (Å²) in [5.41, 5.74) is 1.14. The summed E-state index contributed by atoms with van der Waals surface area (Å²) in [5.74, 6) is -1.62. The van der Waals surface area contributed by atoms with Crippen molar-refractivity contribution < 1.29 is 24.2 Å². The van der Waals surface area contributed by atoms with Crippen LogP contribution < -0.4 is 0 Å². The third kappa shape index (κ3) is 2.52. The van der Waals surface area contributed by atoms with Gasteiger partial charge < -0.3 is 9.84 Å². The van der Waals surface area contributed by atoms with E-state index in [1.807, 2.05) is 0 Å². The molecule has 0 aromatic heterocycles. The molecule has 0 unspecified atom stereocenters. The summed E-state index contributed by atoms with van der Waals surface area (Å²) in [6.45, 7) is 0.0352. The van der Waals surface area contributed by atoms with Crippen LogP contribution in [-0.4, -0.2) is 33.2 Å². The number of amides is 1. The van der Waals surface area contributed by atoms with Crippen molar-refractivity contribution >= 4 is 29.6 Å². The fourth-order valence-corrected chi connectivity index (χ4v) is 3.19. The summed E-state index contributed by atoms with van der Waals surface area (Å²) in [4.78, 5) is 35.5. The first-order chi connectivity index (χ1) is 10.1. The molecule has 7 heteroatoms. The number of carboxylic acid groups (broad SMARTS) is 1. The Hall–Kier alpha value is -2.28. The normalized spacial score (nSPS) is 19.6. The number of carbonyl (C=O) groups is 3. The second-order valence-electron chi connectivity index (χ2n) is 4.64. The van der Waals surface area contributed by atoms with Crippen molar-refractivity contribution in [1.29, 1.82) is 0 Å². The van der Waals surface area contributed by atoms with Crippen LogP contribution in [0.5, 0.6) is 0 Å². The third-order valence-corrected chi connectivity index (χ3v) is 4.33. The summed E-state index contributed by atoms with van der Waals surface area (Å²) >= 11 is 1.44. The first-order valence-electron chi connectivity index (χ1n) is 6.23. The van der Waals surface area contributed by atoms with Crippen LogP contribution in [-0.2, 0) is 20.9 Å². The van der Waals surface area contributed by atoms with Gasteiger partial charge in [-0.05, 0) is 17.7 Å². The SMILES string of the molecule is O=C(OCc1ccc(C(=O)O)cc1)C1=CS[C@@H]2CC(=O)N12. The van der Waals surface area contributed by atoms with Crippen LogP contribution in [0.15, 0.2) is 35.4 Å². The summed E-state index contributed by atoms with van der Waals surface area (Å²) in [6, 6.07) is 6.08. The Balaban J connectivity index is 1.59. The molecule has 2 aliphatic heterocycles. The number of hydrogen-bond donors (Lipinski definition) is 1. The maximum Gasteiger partial charge on any atom is 0.355 e. The van der Waals surface area contributed by atoms with Crippen molar-refractivity contribution in [2.24, 2.45) is 0 Å². The van der Waals surface area contributed by atoms with Gasteiger partial charge in [-0.3, -0.25) is 9.69 Å². The molecule has 0 bridgehead atoms.